The van der Waals surface area contributed by atoms with Gasteiger partial charge in [0.2, 0.25) is 11.5 Å². The lowest BCUT2D eigenvalue weighted by atomic mass is 9.98. The predicted octanol–water partition coefficient (Wildman–Crippen LogP) is 1.77. The van der Waals surface area contributed by atoms with Gasteiger partial charge in [0.1, 0.15) is 29.5 Å². The summed E-state index contributed by atoms with van der Waals surface area (Å²) < 4.78 is 15.5. The molecule has 0 saturated carbocycles. The molecule has 1 aromatic rings. The molecule has 0 radical (unpaired) electrons. The summed E-state index contributed by atoms with van der Waals surface area (Å²) in [6.07, 6.45) is -1.26. The molecule has 0 bridgehead atoms. The van der Waals surface area contributed by atoms with E-state index in [4.69, 9.17) is 19.0 Å². The number of hydrogen-bond acceptors (Lipinski definition) is 12. The number of rotatable bonds is 9. The maximum atomic E-state index is 13.4. The molecule has 16 heteroatoms. The van der Waals surface area contributed by atoms with Crippen molar-refractivity contribution in [3.63, 3.8) is 0 Å². The van der Waals surface area contributed by atoms with E-state index in [0.29, 0.717) is 6.54 Å². The third kappa shape index (κ3) is 8.77. The van der Waals surface area contributed by atoms with Crippen molar-refractivity contribution >= 4 is 52.2 Å². The molecule has 3 N–H and O–H groups in total. The average Bonchev–Trinajstić information content (AvgIpc) is 3.43. The number of amides is 4. The Kier molecular flexibility index (Phi) is 9.15. The van der Waals surface area contributed by atoms with Crippen LogP contribution in [0.15, 0.2) is 10.5 Å². The molecule has 2 saturated heterocycles. The largest absolute Gasteiger partial charge is 0.457 e. The number of ether oxygens (including phenoxy) is 3. The topological polar surface area (TPSA) is 187 Å². The summed E-state index contributed by atoms with van der Waals surface area (Å²) >= 11 is 0.990. The zero-order valence-corrected chi connectivity index (χ0v) is 25.1. The fourth-order valence-corrected chi connectivity index (χ4v) is 4.11. The second-order valence-corrected chi connectivity index (χ2v) is 12.7. The van der Waals surface area contributed by atoms with E-state index in [0.717, 1.165) is 11.3 Å². The lowest BCUT2D eigenvalue weighted by Crippen LogP contribution is -2.72. The van der Waals surface area contributed by atoms with Gasteiger partial charge in [0, 0.05) is 11.9 Å². The minimum absolute atomic E-state index is 0.00190. The van der Waals surface area contributed by atoms with Gasteiger partial charge in [-0.15, -0.1) is 11.3 Å². The third-order valence-corrected chi connectivity index (χ3v) is 6.14. The van der Waals surface area contributed by atoms with Crippen LogP contribution >= 0.6 is 11.3 Å². The average molecular weight is 597 g/mol. The van der Waals surface area contributed by atoms with E-state index in [-0.39, 0.29) is 29.7 Å². The molecule has 4 amide bonds. The first-order valence-corrected chi connectivity index (χ1v) is 13.7. The summed E-state index contributed by atoms with van der Waals surface area (Å²) in [6.45, 7) is 13.8. The van der Waals surface area contributed by atoms with Crippen molar-refractivity contribution in [3.05, 3.63) is 11.1 Å². The highest BCUT2D eigenvalue weighted by Crippen LogP contribution is 2.21. The van der Waals surface area contributed by atoms with Crippen LogP contribution in [0.4, 0.5) is 14.7 Å². The summed E-state index contributed by atoms with van der Waals surface area (Å²) in [5.74, 6) is -2.03. The highest BCUT2D eigenvalue weighted by molar-refractivity contribution is 7.14. The van der Waals surface area contributed by atoms with Crippen LogP contribution in [-0.2, 0) is 33.4 Å². The van der Waals surface area contributed by atoms with E-state index >= 15 is 0 Å². The molecule has 41 heavy (non-hydrogen) atoms. The Balaban J connectivity index is 1.82. The molecule has 3 rings (SSSR count). The van der Waals surface area contributed by atoms with Gasteiger partial charge in [-0.3, -0.25) is 14.9 Å². The zero-order chi connectivity index (χ0) is 30.8. The molecule has 226 valence electrons. The first-order chi connectivity index (χ1) is 18.8. The molecule has 0 aliphatic carbocycles. The maximum Gasteiger partial charge on any atom is 0.413 e. The Morgan fingerprint density at radius 2 is 1.78 bits per heavy atom. The van der Waals surface area contributed by atoms with Gasteiger partial charge in [0.15, 0.2) is 10.8 Å². The molecular formula is C25H36N6O9S. The molecule has 1 aromatic heterocycles. The minimum atomic E-state index is -1.60. The van der Waals surface area contributed by atoms with Crippen molar-refractivity contribution in [2.45, 2.75) is 84.3 Å². The van der Waals surface area contributed by atoms with Crippen molar-refractivity contribution in [1.82, 2.24) is 20.5 Å². The van der Waals surface area contributed by atoms with E-state index in [1.165, 1.54) is 24.1 Å². The Morgan fingerprint density at radius 3 is 2.34 bits per heavy atom. The molecule has 3 heterocycles. The van der Waals surface area contributed by atoms with Crippen molar-refractivity contribution < 1.29 is 43.0 Å². The lowest BCUT2D eigenvalue weighted by Gasteiger charge is -2.38. The van der Waals surface area contributed by atoms with Crippen LogP contribution < -0.4 is 16.0 Å². The first kappa shape index (κ1) is 31.6. The number of hydrogen-bond donors (Lipinski definition) is 3. The van der Waals surface area contributed by atoms with Gasteiger partial charge in [0.25, 0.3) is 5.91 Å². The van der Waals surface area contributed by atoms with Gasteiger partial charge in [-0.05, 0) is 55.4 Å². The van der Waals surface area contributed by atoms with Crippen molar-refractivity contribution in [2.75, 3.05) is 25.0 Å². The fourth-order valence-electron chi connectivity index (χ4n) is 3.43. The van der Waals surface area contributed by atoms with Crippen molar-refractivity contribution in [3.8, 4) is 0 Å². The summed E-state index contributed by atoms with van der Waals surface area (Å²) in [7, 11) is 0. The minimum Gasteiger partial charge on any atom is -0.457 e. The van der Waals surface area contributed by atoms with E-state index in [1.54, 1.807) is 41.5 Å². The zero-order valence-electron chi connectivity index (χ0n) is 24.3. The molecule has 0 spiro atoms. The van der Waals surface area contributed by atoms with Crippen LogP contribution in [0.2, 0.25) is 0 Å². The third-order valence-electron chi connectivity index (χ3n) is 5.39. The van der Waals surface area contributed by atoms with Crippen LogP contribution in [0, 0.1) is 0 Å². The molecular weight excluding hydrogens is 560 g/mol. The van der Waals surface area contributed by atoms with Gasteiger partial charge in [-0.1, -0.05) is 5.16 Å². The Bertz CT molecular complexity index is 1230. The monoisotopic (exact) mass is 596 g/mol. The van der Waals surface area contributed by atoms with Gasteiger partial charge < -0.3 is 34.6 Å². The smallest absolute Gasteiger partial charge is 0.413 e. The number of β-lactam (4-membered cyclic amide) rings is 1. The first-order valence-electron chi connectivity index (χ1n) is 12.8. The number of carbonyl (C=O) groups is 5. The molecule has 2 aliphatic heterocycles. The van der Waals surface area contributed by atoms with Gasteiger partial charge in [-0.2, -0.15) is 0 Å². The second-order valence-electron chi connectivity index (χ2n) is 11.8. The van der Waals surface area contributed by atoms with Gasteiger partial charge in [-0.25, -0.2) is 19.4 Å². The van der Waals surface area contributed by atoms with E-state index in [9.17, 15) is 24.0 Å². The summed E-state index contributed by atoms with van der Waals surface area (Å²) in [5.41, 5.74) is -3.51. The molecule has 2 fully saturated rings. The van der Waals surface area contributed by atoms with E-state index < -0.39 is 58.9 Å². The maximum absolute atomic E-state index is 13.4. The van der Waals surface area contributed by atoms with Gasteiger partial charge >= 0.3 is 18.2 Å². The number of thiazole rings is 1. The fraction of sp³-hybridized carbons (Fsp3) is 0.640. The number of nitrogens with one attached hydrogen (secondary N) is 3. The Hall–Kier alpha value is -3.95. The second kappa shape index (κ2) is 11.9. The number of oxime groups is 1. The van der Waals surface area contributed by atoms with E-state index in [2.05, 4.69) is 26.1 Å². The van der Waals surface area contributed by atoms with E-state index in [1.807, 2.05) is 0 Å². The number of aromatic nitrogens is 1. The highest BCUT2D eigenvalue weighted by atomic mass is 32.1. The number of nitrogens with zero attached hydrogens (tertiary/aromatic N) is 3. The Labute approximate surface area is 241 Å². The molecule has 0 aromatic carbocycles. The molecule has 2 aliphatic rings. The van der Waals surface area contributed by atoms with Crippen LogP contribution in [0.3, 0.4) is 0 Å². The Morgan fingerprint density at radius 1 is 1.12 bits per heavy atom. The number of anilines is 1. The van der Waals surface area contributed by atoms with Crippen LogP contribution in [0.1, 0.15) is 61.1 Å². The number of carbonyl (C=O) groups excluding carboxylic acids is 5. The number of cyclic esters (lactones) is 1. The van der Waals surface area contributed by atoms with Crippen LogP contribution in [0.25, 0.3) is 0 Å². The molecule has 0 unspecified atom stereocenters. The van der Waals surface area contributed by atoms with Crippen molar-refractivity contribution in [1.29, 1.82) is 0 Å². The summed E-state index contributed by atoms with van der Waals surface area (Å²) in [4.78, 5) is 73.5. The SMILES string of the molecule is CC(C)(C)OC(=O)Nc1nc(C(=NOC(C)(C)C(=O)OC(C)(C)C)C(=O)N[C@@H]2C(=O)N[C@H]2CN2CCOC2=O)cs1. The normalized spacial score (nSPS) is 19.5. The summed E-state index contributed by atoms with van der Waals surface area (Å²) in [5, 5.41) is 13.2. The number of esters is 1. The lowest BCUT2D eigenvalue weighted by molar-refractivity contribution is -0.179. The molecule has 15 nitrogen and oxygen atoms in total. The highest BCUT2D eigenvalue weighted by Gasteiger charge is 2.44. The van der Waals surface area contributed by atoms with Crippen LogP contribution in [0.5, 0.6) is 0 Å². The van der Waals surface area contributed by atoms with Gasteiger partial charge in [0.05, 0.1) is 12.6 Å². The van der Waals surface area contributed by atoms with Crippen LogP contribution in [-0.4, -0.2) is 94.1 Å². The summed E-state index contributed by atoms with van der Waals surface area (Å²) in [6, 6.07) is -1.56. The standard InChI is InChI=1S/C25H36N6O9S/c1-23(2,3)38-19(34)25(7,8)40-30-16(14-12-41-20(27-14)29-21(35)39-24(4,5)6)18(33)28-15-13(26-17(15)32)11-31-9-10-37-22(31)36/h12-13,15H,9-11H2,1-8H3,(H,26,32)(H,28,33)(H,27,29,35)/t13-,15-/m0/s1. The van der Waals surface area contributed by atoms with Crippen molar-refractivity contribution in [2.24, 2.45) is 5.16 Å². The molecule has 2 atom stereocenters. The quantitative estimate of drug-likeness (QED) is 0.125. The predicted molar refractivity (Wildman–Crippen MR) is 146 cm³/mol.